The molecule has 94 valence electrons. The molecule has 0 bridgehead atoms. The predicted molar refractivity (Wildman–Crippen MR) is 66.0 cm³/mol. The SMILES string of the molecule is O=S(O)Cc1ccc(N2CCNCC2)c(F)c1. The summed E-state index contributed by atoms with van der Waals surface area (Å²) in [5.74, 6) is -0.353. The van der Waals surface area contributed by atoms with E-state index in [1.165, 1.54) is 6.07 Å². The summed E-state index contributed by atoms with van der Waals surface area (Å²) in [4.78, 5) is 1.98. The number of nitrogens with zero attached hydrogens (tertiary/aromatic N) is 1. The van der Waals surface area contributed by atoms with Gasteiger partial charge in [-0.15, -0.1) is 0 Å². The molecule has 1 unspecified atom stereocenters. The molecule has 2 N–H and O–H groups in total. The molecule has 6 heteroatoms. The number of anilines is 1. The predicted octanol–water partition coefficient (Wildman–Crippen LogP) is 0.957. The first-order chi connectivity index (χ1) is 8.16. The molecule has 0 radical (unpaired) electrons. The maximum Gasteiger partial charge on any atom is 0.157 e. The van der Waals surface area contributed by atoms with Gasteiger partial charge in [-0.2, -0.15) is 0 Å². The number of piperazine rings is 1. The summed E-state index contributed by atoms with van der Waals surface area (Å²) in [6.07, 6.45) is 0. The van der Waals surface area contributed by atoms with Gasteiger partial charge in [0.1, 0.15) is 5.82 Å². The average molecular weight is 258 g/mol. The third-order valence-corrected chi connectivity index (χ3v) is 3.34. The van der Waals surface area contributed by atoms with Crippen LogP contribution in [-0.4, -0.2) is 34.9 Å². The summed E-state index contributed by atoms with van der Waals surface area (Å²) >= 11 is -1.93. The van der Waals surface area contributed by atoms with E-state index in [-0.39, 0.29) is 11.6 Å². The number of halogens is 1. The summed E-state index contributed by atoms with van der Waals surface area (Å²) < 4.78 is 33.2. The first-order valence-electron chi connectivity index (χ1n) is 5.48. The molecule has 17 heavy (non-hydrogen) atoms. The van der Waals surface area contributed by atoms with Gasteiger partial charge in [0.2, 0.25) is 0 Å². The van der Waals surface area contributed by atoms with Gasteiger partial charge in [-0.3, -0.25) is 0 Å². The van der Waals surface area contributed by atoms with Gasteiger partial charge in [0, 0.05) is 26.2 Å². The molecule has 0 spiro atoms. The van der Waals surface area contributed by atoms with Gasteiger partial charge in [-0.05, 0) is 17.7 Å². The van der Waals surface area contributed by atoms with Crippen LogP contribution in [0.1, 0.15) is 5.56 Å². The van der Waals surface area contributed by atoms with Crippen molar-refractivity contribution in [1.82, 2.24) is 5.32 Å². The highest BCUT2D eigenvalue weighted by Crippen LogP contribution is 2.21. The molecule has 4 nitrogen and oxygen atoms in total. The van der Waals surface area contributed by atoms with Crippen molar-refractivity contribution >= 4 is 16.8 Å². The molecule has 1 heterocycles. The highest BCUT2D eigenvalue weighted by Gasteiger charge is 2.14. The van der Waals surface area contributed by atoms with E-state index in [4.69, 9.17) is 4.55 Å². The number of benzene rings is 1. The van der Waals surface area contributed by atoms with Gasteiger partial charge in [-0.25, -0.2) is 8.60 Å². The van der Waals surface area contributed by atoms with E-state index >= 15 is 0 Å². The highest BCUT2D eigenvalue weighted by molar-refractivity contribution is 7.78. The fraction of sp³-hybridized carbons (Fsp3) is 0.455. The van der Waals surface area contributed by atoms with Crippen molar-refractivity contribution in [3.63, 3.8) is 0 Å². The zero-order valence-electron chi connectivity index (χ0n) is 9.36. The Hall–Kier alpha value is -0.980. The molecule has 0 saturated carbocycles. The Morgan fingerprint density at radius 1 is 1.41 bits per heavy atom. The average Bonchev–Trinajstić information content (AvgIpc) is 2.29. The van der Waals surface area contributed by atoms with Crippen LogP contribution in [0.3, 0.4) is 0 Å². The van der Waals surface area contributed by atoms with E-state index in [0.717, 1.165) is 26.2 Å². The van der Waals surface area contributed by atoms with Crippen molar-refractivity contribution in [3.8, 4) is 0 Å². The van der Waals surface area contributed by atoms with Crippen LogP contribution >= 0.6 is 0 Å². The fourth-order valence-electron chi connectivity index (χ4n) is 1.94. The van der Waals surface area contributed by atoms with E-state index in [9.17, 15) is 8.60 Å². The van der Waals surface area contributed by atoms with Gasteiger partial charge in [0.05, 0.1) is 11.4 Å². The highest BCUT2D eigenvalue weighted by atomic mass is 32.2. The van der Waals surface area contributed by atoms with E-state index in [2.05, 4.69) is 5.32 Å². The lowest BCUT2D eigenvalue weighted by atomic mass is 10.2. The zero-order chi connectivity index (χ0) is 12.3. The van der Waals surface area contributed by atoms with Crippen molar-refractivity contribution in [2.45, 2.75) is 5.75 Å². The first-order valence-corrected chi connectivity index (χ1v) is 6.76. The minimum Gasteiger partial charge on any atom is -0.367 e. The van der Waals surface area contributed by atoms with Crippen LogP contribution < -0.4 is 10.2 Å². The summed E-state index contributed by atoms with van der Waals surface area (Å²) in [5, 5.41) is 3.20. The number of rotatable bonds is 3. The number of nitrogens with one attached hydrogen (secondary N) is 1. The van der Waals surface area contributed by atoms with Gasteiger partial charge in [0.15, 0.2) is 11.1 Å². The number of hydrogen-bond acceptors (Lipinski definition) is 3. The first kappa shape index (κ1) is 12.5. The Morgan fingerprint density at radius 2 is 2.12 bits per heavy atom. The van der Waals surface area contributed by atoms with Crippen molar-refractivity contribution in [2.75, 3.05) is 31.1 Å². The molecule has 1 aliphatic heterocycles. The molecule has 0 amide bonds. The van der Waals surface area contributed by atoms with Gasteiger partial charge in [-0.1, -0.05) is 6.07 Å². The summed E-state index contributed by atoms with van der Waals surface area (Å²) in [5.41, 5.74) is 1.11. The van der Waals surface area contributed by atoms with E-state index in [1.54, 1.807) is 12.1 Å². The molecule has 0 aliphatic carbocycles. The normalized spacial score (nSPS) is 18.1. The van der Waals surface area contributed by atoms with Crippen LogP contribution in [0.25, 0.3) is 0 Å². The van der Waals surface area contributed by atoms with E-state index < -0.39 is 11.1 Å². The molecule has 1 atom stereocenters. The molecular weight excluding hydrogens is 243 g/mol. The van der Waals surface area contributed by atoms with Crippen LogP contribution in [0.15, 0.2) is 18.2 Å². The minimum atomic E-state index is -1.93. The zero-order valence-corrected chi connectivity index (χ0v) is 10.2. The molecule has 1 aliphatic rings. The lowest BCUT2D eigenvalue weighted by Crippen LogP contribution is -2.43. The lowest BCUT2D eigenvalue weighted by molar-refractivity contribution is 0.561. The summed E-state index contributed by atoms with van der Waals surface area (Å²) in [7, 11) is 0. The van der Waals surface area contributed by atoms with E-state index in [0.29, 0.717) is 11.3 Å². The minimum absolute atomic E-state index is 0.0290. The van der Waals surface area contributed by atoms with Crippen molar-refractivity contribution < 1.29 is 13.2 Å². The van der Waals surface area contributed by atoms with Gasteiger partial charge in [0.25, 0.3) is 0 Å². The Balaban J connectivity index is 2.15. The molecule has 1 aromatic rings. The molecule has 0 aromatic heterocycles. The second-order valence-electron chi connectivity index (χ2n) is 3.99. The van der Waals surface area contributed by atoms with Crippen molar-refractivity contribution in [2.24, 2.45) is 0 Å². The van der Waals surface area contributed by atoms with Gasteiger partial charge < -0.3 is 14.8 Å². The third kappa shape index (κ3) is 3.24. The van der Waals surface area contributed by atoms with E-state index in [1.807, 2.05) is 4.90 Å². The van der Waals surface area contributed by atoms with Crippen molar-refractivity contribution in [1.29, 1.82) is 0 Å². The molecule has 1 saturated heterocycles. The largest absolute Gasteiger partial charge is 0.367 e. The Morgan fingerprint density at radius 3 is 2.71 bits per heavy atom. The number of hydrogen-bond donors (Lipinski definition) is 2. The summed E-state index contributed by atoms with van der Waals surface area (Å²) in [6, 6.07) is 4.73. The van der Waals surface area contributed by atoms with Crippen LogP contribution in [0.5, 0.6) is 0 Å². The Labute approximate surface area is 102 Å². The molecular formula is C11H15FN2O2S. The quantitative estimate of drug-likeness (QED) is 0.793. The lowest BCUT2D eigenvalue weighted by Gasteiger charge is -2.29. The second-order valence-corrected chi connectivity index (χ2v) is 4.92. The monoisotopic (exact) mass is 258 g/mol. The van der Waals surface area contributed by atoms with Crippen LogP contribution in [0.4, 0.5) is 10.1 Å². The maximum atomic E-state index is 13.8. The molecule has 1 fully saturated rings. The fourth-order valence-corrected chi connectivity index (χ4v) is 2.41. The second kappa shape index (κ2) is 5.57. The molecule has 1 aromatic carbocycles. The van der Waals surface area contributed by atoms with Gasteiger partial charge >= 0.3 is 0 Å². The molecule has 2 rings (SSSR count). The van der Waals surface area contributed by atoms with Crippen LogP contribution in [0, 0.1) is 5.82 Å². The standard InChI is InChI=1S/C11H15FN2O2S/c12-10-7-9(8-17(15)16)1-2-11(10)14-5-3-13-4-6-14/h1-2,7,13H,3-6,8H2,(H,15,16). The maximum absolute atomic E-state index is 13.8. The third-order valence-electron chi connectivity index (χ3n) is 2.76. The summed E-state index contributed by atoms with van der Waals surface area (Å²) in [6.45, 7) is 3.26. The van der Waals surface area contributed by atoms with Crippen LogP contribution in [0.2, 0.25) is 0 Å². The smallest absolute Gasteiger partial charge is 0.157 e. The Bertz CT molecular complexity index is 422. The van der Waals surface area contributed by atoms with Crippen LogP contribution in [-0.2, 0) is 16.8 Å². The van der Waals surface area contributed by atoms with Crippen molar-refractivity contribution in [3.05, 3.63) is 29.6 Å². The topological polar surface area (TPSA) is 52.6 Å². The Kier molecular flexibility index (Phi) is 4.09.